The van der Waals surface area contributed by atoms with Crippen LogP contribution < -0.4 is 5.73 Å². The van der Waals surface area contributed by atoms with E-state index in [2.05, 4.69) is 5.10 Å². The molecule has 3 N–H and O–H groups in total. The molecular weight excluding hydrogens is 220 g/mol. The normalized spacial score (nSPS) is 15.2. The Morgan fingerprint density at radius 1 is 1.65 bits per heavy atom. The smallest absolute Gasteiger partial charge is 0.0629 e. The van der Waals surface area contributed by atoms with Crippen molar-refractivity contribution < 1.29 is 9.84 Å². The summed E-state index contributed by atoms with van der Waals surface area (Å²) in [5.41, 5.74) is 7.05. The van der Waals surface area contributed by atoms with Crippen molar-refractivity contribution in [3.05, 3.63) is 18.0 Å². The molecule has 6 nitrogen and oxygen atoms in total. The lowest BCUT2D eigenvalue weighted by atomic mass is 10.1. The van der Waals surface area contributed by atoms with Crippen molar-refractivity contribution in [1.82, 2.24) is 14.7 Å². The summed E-state index contributed by atoms with van der Waals surface area (Å²) in [4.78, 5) is 2.01. The summed E-state index contributed by atoms with van der Waals surface area (Å²) in [5, 5.41) is 13.5. The van der Waals surface area contributed by atoms with Gasteiger partial charge in [-0.15, -0.1) is 0 Å². The molecule has 0 bridgehead atoms. The van der Waals surface area contributed by atoms with Crippen molar-refractivity contribution >= 4 is 0 Å². The van der Waals surface area contributed by atoms with Crippen molar-refractivity contribution in [3.8, 4) is 0 Å². The molecule has 98 valence electrons. The van der Waals surface area contributed by atoms with Crippen LogP contribution >= 0.6 is 0 Å². The van der Waals surface area contributed by atoms with Crippen LogP contribution in [0.25, 0.3) is 0 Å². The number of aryl methyl sites for hydroxylation is 1. The standard InChI is InChI=1S/C11H22N4O2/c1-14(5-9-4-13-15(2)6-9)11(7-16)10(12)8-17-3/h4,6,10-11,16H,5,7-8,12H2,1-3H3. The van der Waals surface area contributed by atoms with Gasteiger partial charge in [0, 0.05) is 38.5 Å². The van der Waals surface area contributed by atoms with Gasteiger partial charge in [-0.2, -0.15) is 5.10 Å². The maximum atomic E-state index is 9.38. The molecule has 0 aromatic carbocycles. The van der Waals surface area contributed by atoms with E-state index in [-0.39, 0.29) is 18.7 Å². The Labute approximate surface area is 102 Å². The fraction of sp³-hybridized carbons (Fsp3) is 0.727. The molecule has 0 saturated carbocycles. The number of hydrogen-bond donors (Lipinski definition) is 2. The molecule has 0 aliphatic heterocycles. The molecule has 0 spiro atoms. The minimum absolute atomic E-state index is 0.0152. The summed E-state index contributed by atoms with van der Waals surface area (Å²) in [5.74, 6) is 0. The number of likely N-dealkylation sites (N-methyl/N-ethyl adjacent to an activating group) is 1. The van der Waals surface area contributed by atoms with Crippen molar-refractivity contribution in [2.75, 3.05) is 27.4 Å². The van der Waals surface area contributed by atoms with E-state index in [1.807, 2.05) is 31.4 Å². The molecule has 0 saturated heterocycles. The molecule has 1 aromatic heterocycles. The number of rotatable bonds is 7. The number of aromatic nitrogens is 2. The SMILES string of the molecule is COCC(N)C(CO)N(C)Cc1cnn(C)c1. The lowest BCUT2D eigenvalue weighted by molar-refractivity contribution is 0.0817. The number of aliphatic hydroxyl groups excluding tert-OH is 1. The van der Waals surface area contributed by atoms with Crippen LogP contribution in [-0.4, -0.2) is 59.2 Å². The van der Waals surface area contributed by atoms with E-state index in [0.29, 0.717) is 13.2 Å². The Hall–Kier alpha value is -0.950. The van der Waals surface area contributed by atoms with Gasteiger partial charge in [0.25, 0.3) is 0 Å². The minimum Gasteiger partial charge on any atom is -0.395 e. The molecular formula is C11H22N4O2. The average Bonchev–Trinajstić information content (AvgIpc) is 2.65. The minimum atomic E-state index is -0.202. The average molecular weight is 242 g/mol. The van der Waals surface area contributed by atoms with Gasteiger partial charge in [-0.05, 0) is 7.05 Å². The van der Waals surface area contributed by atoms with Gasteiger partial charge in [0.1, 0.15) is 0 Å². The maximum absolute atomic E-state index is 9.38. The Kier molecular flexibility index (Phi) is 5.57. The Morgan fingerprint density at radius 2 is 2.35 bits per heavy atom. The van der Waals surface area contributed by atoms with Crippen LogP contribution in [0.2, 0.25) is 0 Å². The van der Waals surface area contributed by atoms with Crippen LogP contribution in [0.4, 0.5) is 0 Å². The van der Waals surface area contributed by atoms with E-state index in [4.69, 9.17) is 10.5 Å². The number of hydrogen-bond acceptors (Lipinski definition) is 5. The van der Waals surface area contributed by atoms with Crippen molar-refractivity contribution in [2.45, 2.75) is 18.6 Å². The highest BCUT2D eigenvalue weighted by Crippen LogP contribution is 2.07. The van der Waals surface area contributed by atoms with Crippen LogP contribution in [-0.2, 0) is 18.3 Å². The van der Waals surface area contributed by atoms with E-state index in [9.17, 15) is 5.11 Å². The van der Waals surface area contributed by atoms with E-state index < -0.39 is 0 Å². The van der Waals surface area contributed by atoms with Gasteiger partial charge in [0.15, 0.2) is 0 Å². The van der Waals surface area contributed by atoms with Crippen molar-refractivity contribution in [1.29, 1.82) is 0 Å². The van der Waals surface area contributed by atoms with E-state index >= 15 is 0 Å². The van der Waals surface area contributed by atoms with Crippen LogP contribution in [0.15, 0.2) is 12.4 Å². The summed E-state index contributed by atoms with van der Waals surface area (Å²) >= 11 is 0. The number of aliphatic hydroxyl groups is 1. The molecule has 0 aliphatic carbocycles. The fourth-order valence-electron chi connectivity index (χ4n) is 1.86. The van der Waals surface area contributed by atoms with Gasteiger partial charge in [-0.3, -0.25) is 9.58 Å². The fourth-order valence-corrected chi connectivity index (χ4v) is 1.86. The first kappa shape index (κ1) is 14.1. The zero-order valence-corrected chi connectivity index (χ0v) is 10.7. The largest absolute Gasteiger partial charge is 0.395 e. The second-order valence-electron chi connectivity index (χ2n) is 4.31. The maximum Gasteiger partial charge on any atom is 0.0629 e. The van der Waals surface area contributed by atoms with E-state index in [1.54, 1.807) is 11.8 Å². The van der Waals surface area contributed by atoms with E-state index in [1.165, 1.54) is 0 Å². The van der Waals surface area contributed by atoms with E-state index in [0.717, 1.165) is 5.56 Å². The van der Waals surface area contributed by atoms with Gasteiger partial charge < -0.3 is 15.6 Å². The van der Waals surface area contributed by atoms with Crippen molar-refractivity contribution in [2.24, 2.45) is 12.8 Å². The third kappa shape index (κ3) is 4.08. The van der Waals surface area contributed by atoms with Crippen LogP contribution in [0.3, 0.4) is 0 Å². The molecule has 17 heavy (non-hydrogen) atoms. The first-order valence-corrected chi connectivity index (χ1v) is 5.61. The molecule has 0 aliphatic rings. The zero-order chi connectivity index (χ0) is 12.8. The summed E-state index contributed by atoms with van der Waals surface area (Å²) in [7, 11) is 5.42. The Balaban J connectivity index is 2.56. The van der Waals surface area contributed by atoms with Gasteiger partial charge in [0.2, 0.25) is 0 Å². The molecule has 1 aromatic rings. The van der Waals surface area contributed by atoms with Crippen LogP contribution in [0, 0.1) is 0 Å². The van der Waals surface area contributed by atoms with Crippen LogP contribution in [0.1, 0.15) is 5.56 Å². The lowest BCUT2D eigenvalue weighted by Crippen LogP contribution is -2.50. The van der Waals surface area contributed by atoms with Crippen molar-refractivity contribution in [3.63, 3.8) is 0 Å². The Morgan fingerprint density at radius 3 is 2.82 bits per heavy atom. The highest BCUT2D eigenvalue weighted by atomic mass is 16.5. The number of ether oxygens (including phenoxy) is 1. The monoisotopic (exact) mass is 242 g/mol. The predicted molar refractivity (Wildman–Crippen MR) is 65.4 cm³/mol. The van der Waals surface area contributed by atoms with Gasteiger partial charge in [-0.25, -0.2) is 0 Å². The number of methoxy groups -OCH3 is 1. The van der Waals surface area contributed by atoms with Crippen LogP contribution in [0.5, 0.6) is 0 Å². The summed E-state index contributed by atoms with van der Waals surface area (Å²) in [6.07, 6.45) is 3.76. The highest BCUT2D eigenvalue weighted by molar-refractivity contribution is 5.03. The summed E-state index contributed by atoms with van der Waals surface area (Å²) in [6.45, 7) is 1.15. The second-order valence-corrected chi connectivity index (χ2v) is 4.31. The number of nitrogens with zero attached hydrogens (tertiary/aromatic N) is 3. The lowest BCUT2D eigenvalue weighted by Gasteiger charge is -2.30. The summed E-state index contributed by atoms with van der Waals surface area (Å²) < 4.78 is 6.77. The molecule has 0 fully saturated rings. The second kappa shape index (κ2) is 6.70. The molecule has 0 radical (unpaired) electrons. The highest BCUT2D eigenvalue weighted by Gasteiger charge is 2.21. The molecule has 1 rings (SSSR count). The summed E-state index contributed by atoms with van der Waals surface area (Å²) in [6, 6.07) is -0.318. The van der Waals surface area contributed by atoms with Gasteiger partial charge in [-0.1, -0.05) is 0 Å². The third-order valence-electron chi connectivity index (χ3n) is 2.80. The number of nitrogens with two attached hydrogens (primary N) is 1. The van der Waals surface area contributed by atoms with Gasteiger partial charge >= 0.3 is 0 Å². The first-order valence-electron chi connectivity index (χ1n) is 5.61. The molecule has 1 heterocycles. The predicted octanol–water partition coefficient (Wildman–Crippen LogP) is -0.813. The molecule has 0 amide bonds. The zero-order valence-electron chi connectivity index (χ0n) is 10.7. The topological polar surface area (TPSA) is 76.5 Å². The first-order chi connectivity index (χ1) is 8.08. The quantitative estimate of drug-likeness (QED) is 0.654. The van der Waals surface area contributed by atoms with Gasteiger partial charge in [0.05, 0.1) is 25.5 Å². The Bertz CT molecular complexity index is 329. The molecule has 6 heteroatoms. The third-order valence-corrected chi connectivity index (χ3v) is 2.80. The molecule has 2 unspecified atom stereocenters. The molecule has 2 atom stereocenters.